The Morgan fingerprint density at radius 3 is 2.67 bits per heavy atom. The highest BCUT2D eigenvalue weighted by atomic mass is 79.9. The van der Waals surface area contributed by atoms with Gasteiger partial charge in [0.05, 0.1) is 6.04 Å². The quantitative estimate of drug-likeness (QED) is 0.827. The molecule has 1 amide bonds. The molecule has 1 aromatic carbocycles. The molecular formula is C15H15BrN2O2S. The van der Waals surface area contributed by atoms with Crippen molar-refractivity contribution in [1.82, 2.24) is 10.3 Å². The van der Waals surface area contributed by atoms with Crippen LogP contribution in [-0.2, 0) is 10.8 Å². The van der Waals surface area contributed by atoms with Crippen molar-refractivity contribution in [1.29, 1.82) is 0 Å². The van der Waals surface area contributed by atoms with E-state index in [1.807, 2.05) is 30.3 Å². The molecule has 2 aromatic rings. The molecule has 4 nitrogen and oxygen atoms in total. The van der Waals surface area contributed by atoms with Gasteiger partial charge < -0.3 is 5.32 Å². The van der Waals surface area contributed by atoms with Crippen LogP contribution in [0.4, 0.5) is 0 Å². The molecule has 2 unspecified atom stereocenters. The number of amides is 1. The summed E-state index contributed by atoms with van der Waals surface area (Å²) in [6.45, 7) is 0. The monoisotopic (exact) mass is 366 g/mol. The van der Waals surface area contributed by atoms with Crippen LogP contribution < -0.4 is 5.32 Å². The van der Waals surface area contributed by atoms with Gasteiger partial charge >= 0.3 is 0 Å². The van der Waals surface area contributed by atoms with E-state index in [2.05, 4.69) is 26.2 Å². The molecule has 0 bridgehead atoms. The van der Waals surface area contributed by atoms with E-state index in [0.717, 1.165) is 5.56 Å². The predicted octanol–water partition coefficient (Wildman–Crippen LogP) is 2.69. The van der Waals surface area contributed by atoms with Gasteiger partial charge in [0.2, 0.25) is 0 Å². The Balaban J connectivity index is 2.19. The van der Waals surface area contributed by atoms with Gasteiger partial charge in [-0.1, -0.05) is 30.3 Å². The summed E-state index contributed by atoms with van der Waals surface area (Å²) in [5.74, 6) is 0.166. The van der Waals surface area contributed by atoms with Crippen LogP contribution in [0, 0.1) is 0 Å². The van der Waals surface area contributed by atoms with Crippen molar-refractivity contribution in [2.24, 2.45) is 0 Å². The van der Waals surface area contributed by atoms with Crippen LogP contribution in [0.25, 0.3) is 0 Å². The fraction of sp³-hybridized carbons (Fsp3) is 0.200. The van der Waals surface area contributed by atoms with Gasteiger partial charge in [0.1, 0.15) is 4.60 Å². The molecule has 0 aliphatic carbocycles. The Labute approximate surface area is 134 Å². The van der Waals surface area contributed by atoms with Crippen LogP contribution in [0.15, 0.2) is 53.3 Å². The third-order valence-corrected chi connectivity index (χ3v) is 4.13. The zero-order valence-corrected chi connectivity index (χ0v) is 13.9. The number of nitrogens with zero attached hydrogens (tertiary/aromatic N) is 1. The van der Waals surface area contributed by atoms with E-state index in [1.54, 1.807) is 24.6 Å². The highest BCUT2D eigenvalue weighted by Crippen LogP contribution is 2.15. The summed E-state index contributed by atoms with van der Waals surface area (Å²) >= 11 is 3.24. The van der Waals surface area contributed by atoms with Crippen LogP contribution in [-0.4, -0.2) is 27.1 Å². The van der Waals surface area contributed by atoms with Gasteiger partial charge in [0.15, 0.2) is 0 Å². The molecule has 6 heteroatoms. The molecule has 110 valence electrons. The van der Waals surface area contributed by atoms with Gasteiger partial charge in [-0.3, -0.25) is 9.00 Å². The first-order valence-corrected chi connectivity index (χ1v) is 8.85. The lowest BCUT2D eigenvalue weighted by Crippen LogP contribution is -2.31. The Hall–Kier alpha value is -1.53. The van der Waals surface area contributed by atoms with E-state index in [-0.39, 0.29) is 11.9 Å². The molecule has 0 saturated heterocycles. The zero-order chi connectivity index (χ0) is 15.2. The average Bonchev–Trinajstić information content (AvgIpc) is 2.47. The molecule has 0 aliphatic heterocycles. The number of carbonyl (C=O) groups excluding carboxylic acids is 1. The van der Waals surface area contributed by atoms with Gasteiger partial charge in [-0.15, -0.1) is 0 Å². The van der Waals surface area contributed by atoms with Crippen LogP contribution in [0.3, 0.4) is 0 Å². The second-order valence-electron chi connectivity index (χ2n) is 4.54. The predicted molar refractivity (Wildman–Crippen MR) is 87.5 cm³/mol. The van der Waals surface area contributed by atoms with Crippen molar-refractivity contribution in [2.45, 2.75) is 6.04 Å². The number of rotatable bonds is 5. The van der Waals surface area contributed by atoms with E-state index in [4.69, 9.17) is 0 Å². The van der Waals surface area contributed by atoms with E-state index in [1.165, 1.54) is 0 Å². The molecule has 21 heavy (non-hydrogen) atoms. The Bertz CT molecular complexity index is 649. The molecule has 0 saturated carbocycles. The lowest BCUT2D eigenvalue weighted by atomic mass is 10.1. The fourth-order valence-electron chi connectivity index (χ4n) is 1.93. The molecule has 0 aliphatic rings. The van der Waals surface area contributed by atoms with E-state index in [0.29, 0.717) is 15.9 Å². The molecule has 0 fully saturated rings. The number of nitrogens with one attached hydrogen (secondary N) is 1. The largest absolute Gasteiger partial charge is 0.344 e. The first kappa shape index (κ1) is 15.9. The first-order valence-electron chi connectivity index (χ1n) is 6.33. The third kappa shape index (κ3) is 4.75. The van der Waals surface area contributed by atoms with Gasteiger partial charge in [0.25, 0.3) is 5.91 Å². The summed E-state index contributed by atoms with van der Waals surface area (Å²) in [7, 11) is -1.01. The van der Waals surface area contributed by atoms with Crippen LogP contribution in [0.5, 0.6) is 0 Å². The Morgan fingerprint density at radius 2 is 2.05 bits per heavy atom. The summed E-state index contributed by atoms with van der Waals surface area (Å²) in [4.78, 5) is 16.3. The summed E-state index contributed by atoms with van der Waals surface area (Å²) in [6.07, 6.45) is 3.19. The van der Waals surface area contributed by atoms with Gasteiger partial charge in [0, 0.05) is 34.6 Å². The van der Waals surface area contributed by atoms with Crippen molar-refractivity contribution in [2.75, 3.05) is 12.0 Å². The van der Waals surface area contributed by atoms with Crippen LogP contribution in [0.2, 0.25) is 0 Å². The number of hydrogen-bond acceptors (Lipinski definition) is 3. The standard InChI is InChI=1S/C15H15BrN2O2S/c1-21(20)10-13(11-5-3-2-4-6-11)18-15(19)12-7-8-17-14(16)9-12/h2-9,13H,10H2,1H3,(H,18,19). The number of carbonyl (C=O) groups is 1. The summed E-state index contributed by atoms with van der Waals surface area (Å²) in [5.41, 5.74) is 1.45. The maximum absolute atomic E-state index is 12.3. The Kier molecular flexibility index (Phi) is 5.64. The van der Waals surface area contributed by atoms with Gasteiger partial charge in [-0.2, -0.15) is 0 Å². The third-order valence-electron chi connectivity index (χ3n) is 2.90. The number of halogens is 1. The topological polar surface area (TPSA) is 59.1 Å². The number of benzene rings is 1. The van der Waals surface area contributed by atoms with Crippen molar-refractivity contribution in [3.8, 4) is 0 Å². The first-order chi connectivity index (χ1) is 10.1. The molecule has 1 N–H and O–H groups in total. The van der Waals surface area contributed by atoms with Crippen molar-refractivity contribution in [3.05, 3.63) is 64.4 Å². The zero-order valence-electron chi connectivity index (χ0n) is 11.5. The molecule has 1 heterocycles. The van der Waals surface area contributed by atoms with E-state index in [9.17, 15) is 9.00 Å². The molecule has 0 radical (unpaired) electrons. The highest BCUT2D eigenvalue weighted by molar-refractivity contribution is 9.10. The van der Waals surface area contributed by atoms with Gasteiger partial charge in [-0.25, -0.2) is 4.98 Å². The van der Waals surface area contributed by atoms with E-state index < -0.39 is 10.8 Å². The number of hydrogen-bond donors (Lipinski definition) is 1. The minimum Gasteiger partial charge on any atom is -0.344 e. The van der Waals surface area contributed by atoms with Crippen molar-refractivity contribution >= 4 is 32.6 Å². The normalized spacial score (nSPS) is 13.4. The average molecular weight is 367 g/mol. The van der Waals surface area contributed by atoms with Crippen molar-refractivity contribution < 1.29 is 9.00 Å². The van der Waals surface area contributed by atoms with Crippen LogP contribution in [0.1, 0.15) is 22.0 Å². The highest BCUT2D eigenvalue weighted by Gasteiger charge is 2.17. The van der Waals surface area contributed by atoms with Gasteiger partial charge in [-0.05, 0) is 33.6 Å². The summed E-state index contributed by atoms with van der Waals surface area (Å²) in [6, 6.07) is 12.6. The molecular weight excluding hydrogens is 352 g/mol. The fourth-order valence-corrected chi connectivity index (χ4v) is 3.04. The van der Waals surface area contributed by atoms with E-state index >= 15 is 0 Å². The molecule has 2 atom stereocenters. The maximum atomic E-state index is 12.3. The second-order valence-corrected chi connectivity index (χ2v) is 6.84. The molecule has 2 rings (SSSR count). The van der Waals surface area contributed by atoms with Crippen LogP contribution >= 0.6 is 15.9 Å². The smallest absolute Gasteiger partial charge is 0.251 e. The minimum atomic E-state index is -1.01. The molecule has 0 spiro atoms. The Morgan fingerprint density at radius 1 is 1.33 bits per heavy atom. The lowest BCUT2D eigenvalue weighted by Gasteiger charge is -2.18. The number of pyridine rings is 1. The summed E-state index contributed by atoms with van der Waals surface area (Å²) < 4.78 is 12.1. The minimum absolute atomic E-state index is 0.211. The lowest BCUT2D eigenvalue weighted by molar-refractivity contribution is 0.0940. The number of aromatic nitrogens is 1. The summed E-state index contributed by atoms with van der Waals surface area (Å²) in [5, 5.41) is 2.93. The maximum Gasteiger partial charge on any atom is 0.251 e. The SMILES string of the molecule is CS(=O)CC(NC(=O)c1ccnc(Br)c1)c1ccccc1. The van der Waals surface area contributed by atoms with Crippen molar-refractivity contribution in [3.63, 3.8) is 0 Å². The second kappa shape index (κ2) is 7.47. The molecule has 1 aromatic heterocycles.